The fourth-order valence-electron chi connectivity index (χ4n) is 4.92. The van der Waals surface area contributed by atoms with E-state index in [1.807, 2.05) is 18.2 Å². The van der Waals surface area contributed by atoms with Crippen molar-refractivity contribution in [2.75, 3.05) is 16.3 Å². The Morgan fingerprint density at radius 2 is 1.85 bits per heavy atom. The van der Waals surface area contributed by atoms with Gasteiger partial charge in [-0.05, 0) is 74.1 Å². The van der Waals surface area contributed by atoms with Crippen LogP contribution < -0.4 is 15.1 Å². The number of benzene rings is 2. The summed E-state index contributed by atoms with van der Waals surface area (Å²) in [4.78, 5) is 41.0. The Bertz CT molecular complexity index is 1170. The highest BCUT2D eigenvalue weighted by Gasteiger charge is 2.39. The van der Waals surface area contributed by atoms with Gasteiger partial charge < -0.3 is 4.90 Å². The number of carbonyl (C=O) groups excluding carboxylic acids is 3. The lowest BCUT2D eigenvalue weighted by Crippen LogP contribution is -2.54. The number of hydrogen-bond acceptors (Lipinski definition) is 4. The highest BCUT2D eigenvalue weighted by Crippen LogP contribution is 2.43. The fraction of sp³-hybridized carbons (Fsp3) is 0.346. The van der Waals surface area contributed by atoms with E-state index in [1.165, 1.54) is 24.3 Å². The first-order chi connectivity index (χ1) is 15.6. The Labute approximate surface area is 193 Å². The van der Waals surface area contributed by atoms with Crippen LogP contribution in [0.3, 0.4) is 0 Å². The van der Waals surface area contributed by atoms with E-state index in [0.29, 0.717) is 16.4 Å². The van der Waals surface area contributed by atoms with E-state index in [9.17, 15) is 18.8 Å². The standard InChI is InChI=1S/C26H28FN3O3/c1-5-12-29-21-11-10-17(13-18(21)16(2)15-26(29,3)4)14-19-23(31)28-25(33)30(24(19)32)22-9-7-6-8-20(22)27/h6-11,13-14,16H,5,12,15H2,1-4H3,(H,28,31,33)/b19-14-. The van der Waals surface area contributed by atoms with E-state index >= 15 is 0 Å². The molecule has 0 bridgehead atoms. The van der Waals surface area contributed by atoms with Crippen molar-refractivity contribution in [2.45, 2.75) is 52.0 Å². The van der Waals surface area contributed by atoms with Crippen molar-refractivity contribution < 1.29 is 18.8 Å². The molecule has 0 radical (unpaired) electrons. The van der Waals surface area contributed by atoms with Crippen molar-refractivity contribution in [1.29, 1.82) is 0 Å². The third-order valence-electron chi connectivity index (χ3n) is 6.36. The number of barbiturate groups is 1. The average Bonchev–Trinajstić information content (AvgIpc) is 2.75. The van der Waals surface area contributed by atoms with Gasteiger partial charge in [-0.25, -0.2) is 14.1 Å². The van der Waals surface area contributed by atoms with Crippen LogP contribution in [-0.4, -0.2) is 29.9 Å². The third kappa shape index (κ3) is 4.03. The Morgan fingerprint density at radius 3 is 2.55 bits per heavy atom. The van der Waals surface area contributed by atoms with Crippen LogP contribution >= 0.6 is 0 Å². The number of para-hydroxylation sites is 1. The van der Waals surface area contributed by atoms with Crippen LogP contribution in [-0.2, 0) is 9.59 Å². The van der Waals surface area contributed by atoms with Gasteiger partial charge in [-0.15, -0.1) is 0 Å². The zero-order chi connectivity index (χ0) is 23.9. The molecule has 0 saturated carbocycles. The van der Waals surface area contributed by atoms with Gasteiger partial charge in [0.15, 0.2) is 0 Å². The highest BCUT2D eigenvalue weighted by atomic mass is 19.1. The Kier molecular flexibility index (Phi) is 5.82. The van der Waals surface area contributed by atoms with E-state index in [0.717, 1.165) is 36.7 Å². The number of hydrogen-bond donors (Lipinski definition) is 1. The highest BCUT2D eigenvalue weighted by molar-refractivity contribution is 6.39. The second kappa shape index (κ2) is 8.46. The molecular formula is C26H28FN3O3. The van der Waals surface area contributed by atoms with Crippen molar-refractivity contribution in [3.05, 3.63) is 65.0 Å². The first-order valence-electron chi connectivity index (χ1n) is 11.2. The Hall–Kier alpha value is -3.48. The number of imide groups is 2. The molecule has 0 spiro atoms. The second-order valence-corrected chi connectivity index (χ2v) is 9.30. The van der Waals surface area contributed by atoms with Crippen LogP contribution in [0.4, 0.5) is 20.6 Å². The first-order valence-corrected chi connectivity index (χ1v) is 11.2. The van der Waals surface area contributed by atoms with Crippen LogP contribution in [0.15, 0.2) is 48.0 Å². The third-order valence-corrected chi connectivity index (χ3v) is 6.36. The molecule has 2 aromatic carbocycles. The molecular weight excluding hydrogens is 421 g/mol. The minimum Gasteiger partial charge on any atom is -0.366 e. The molecule has 4 rings (SSSR count). The summed E-state index contributed by atoms with van der Waals surface area (Å²) >= 11 is 0. The number of urea groups is 1. The molecule has 2 aliphatic rings. The van der Waals surface area contributed by atoms with Gasteiger partial charge in [-0.3, -0.25) is 14.9 Å². The number of anilines is 2. The van der Waals surface area contributed by atoms with Crippen molar-refractivity contribution in [1.82, 2.24) is 5.32 Å². The molecule has 1 atom stereocenters. The van der Waals surface area contributed by atoms with Gasteiger partial charge in [0, 0.05) is 17.8 Å². The number of nitrogens with zero attached hydrogens (tertiary/aromatic N) is 2. The SMILES string of the molecule is CCCN1c2ccc(/C=C3/C(=O)NC(=O)N(c4ccccc4F)C3=O)cc2C(C)CC1(C)C. The molecule has 0 aliphatic carbocycles. The average molecular weight is 450 g/mol. The maximum absolute atomic E-state index is 14.3. The lowest BCUT2D eigenvalue weighted by molar-refractivity contribution is -0.122. The molecule has 4 amide bonds. The normalized spacial score (nSPS) is 21.3. The number of rotatable bonds is 4. The van der Waals surface area contributed by atoms with Gasteiger partial charge in [0.05, 0.1) is 5.69 Å². The van der Waals surface area contributed by atoms with Gasteiger partial charge in [0.1, 0.15) is 11.4 Å². The summed E-state index contributed by atoms with van der Waals surface area (Å²) in [5.41, 5.74) is 2.61. The van der Waals surface area contributed by atoms with E-state index < -0.39 is 23.7 Å². The molecule has 33 heavy (non-hydrogen) atoms. The minimum atomic E-state index is -0.969. The summed E-state index contributed by atoms with van der Waals surface area (Å²) in [6, 6.07) is 10.4. The van der Waals surface area contributed by atoms with Crippen molar-refractivity contribution in [3.63, 3.8) is 0 Å². The van der Waals surface area contributed by atoms with Crippen LogP contribution in [0.5, 0.6) is 0 Å². The van der Waals surface area contributed by atoms with Gasteiger partial charge in [-0.1, -0.05) is 32.0 Å². The zero-order valence-electron chi connectivity index (χ0n) is 19.3. The summed E-state index contributed by atoms with van der Waals surface area (Å²) in [6.07, 6.45) is 3.47. The summed E-state index contributed by atoms with van der Waals surface area (Å²) in [5, 5.41) is 2.15. The molecule has 6 nitrogen and oxygen atoms in total. The van der Waals surface area contributed by atoms with Crippen LogP contribution in [0.25, 0.3) is 6.08 Å². The Morgan fingerprint density at radius 1 is 1.12 bits per heavy atom. The molecule has 172 valence electrons. The monoisotopic (exact) mass is 449 g/mol. The van der Waals surface area contributed by atoms with Crippen molar-refractivity contribution in [2.24, 2.45) is 0 Å². The quantitative estimate of drug-likeness (QED) is 0.527. The minimum absolute atomic E-state index is 0.0300. The maximum atomic E-state index is 14.3. The molecule has 7 heteroatoms. The van der Waals surface area contributed by atoms with Gasteiger partial charge in [0.25, 0.3) is 11.8 Å². The van der Waals surface area contributed by atoms with Gasteiger partial charge >= 0.3 is 6.03 Å². The molecule has 1 N–H and O–H groups in total. The first kappa shape index (κ1) is 22.7. The summed E-state index contributed by atoms with van der Waals surface area (Å²) < 4.78 is 14.3. The van der Waals surface area contributed by atoms with Crippen molar-refractivity contribution >= 4 is 35.3 Å². The lowest BCUT2D eigenvalue weighted by atomic mass is 9.79. The van der Waals surface area contributed by atoms with Crippen LogP contribution in [0.1, 0.15) is 57.6 Å². The van der Waals surface area contributed by atoms with Gasteiger partial charge in [0.2, 0.25) is 0 Å². The molecule has 2 aliphatic heterocycles. The molecule has 2 aromatic rings. The zero-order valence-corrected chi connectivity index (χ0v) is 19.3. The van der Waals surface area contributed by atoms with Crippen LogP contribution in [0.2, 0.25) is 0 Å². The lowest BCUT2D eigenvalue weighted by Gasteiger charge is -2.47. The summed E-state index contributed by atoms with van der Waals surface area (Å²) in [5.74, 6) is -2.07. The number of nitrogens with one attached hydrogen (secondary N) is 1. The molecule has 1 unspecified atom stereocenters. The number of amides is 4. The van der Waals surface area contributed by atoms with Crippen molar-refractivity contribution in [3.8, 4) is 0 Å². The Balaban J connectivity index is 1.74. The summed E-state index contributed by atoms with van der Waals surface area (Å²) in [7, 11) is 0. The largest absolute Gasteiger partial charge is 0.366 e. The molecule has 1 fully saturated rings. The fourth-order valence-corrected chi connectivity index (χ4v) is 4.92. The van der Waals surface area contributed by atoms with E-state index in [2.05, 4.69) is 37.9 Å². The topological polar surface area (TPSA) is 69.7 Å². The van der Waals surface area contributed by atoms with Gasteiger partial charge in [-0.2, -0.15) is 0 Å². The molecule has 0 aromatic heterocycles. The van der Waals surface area contributed by atoms with E-state index in [-0.39, 0.29) is 16.8 Å². The van der Waals surface area contributed by atoms with Crippen LogP contribution in [0, 0.1) is 5.82 Å². The second-order valence-electron chi connectivity index (χ2n) is 9.30. The number of carbonyl (C=O) groups is 3. The maximum Gasteiger partial charge on any atom is 0.336 e. The predicted molar refractivity (Wildman–Crippen MR) is 127 cm³/mol. The number of halogens is 1. The predicted octanol–water partition coefficient (Wildman–Crippen LogP) is 4.99. The summed E-state index contributed by atoms with van der Waals surface area (Å²) in [6.45, 7) is 9.77. The molecule has 1 saturated heterocycles. The molecule has 2 heterocycles. The smallest absolute Gasteiger partial charge is 0.336 e. The van der Waals surface area contributed by atoms with E-state index in [4.69, 9.17) is 0 Å². The van der Waals surface area contributed by atoms with E-state index in [1.54, 1.807) is 0 Å². The number of fused-ring (bicyclic) bond motifs is 1.